The molecule has 1 aliphatic rings. The maximum atomic E-state index is 15.1. The Morgan fingerprint density at radius 2 is 1.57 bits per heavy atom. The molecule has 0 spiro atoms. The summed E-state index contributed by atoms with van der Waals surface area (Å²) in [5, 5.41) is 8.55. The summed E-state index contributed by atoms with van der Waals surface area (Å²) in [7, 11) is 0. The van der Waals surface area contributed by atoms with Gasteiger partial charge in [-0.15, -0.1) is 0 Å². The molecule has 35 heavy (non-hydrogen) atoms. The number of benzene rings is 3. The normalized spacial score (nSPS) is 15.0. The first-order valence-electron chi connectivity index (χ1n) is 12.7. The van der Waals surface area contributed by atoms with Crippen LogP contribution in [0.5, 0.6) is 0 Å². The Bertz CT molecular complexity index is 1230. The Kier molecular flexibility index (Phi) is 8.42. The van der Waals surface area contributed by atoms with Crippen LogP contribution in [0.15, 0.2) is 64.8 Å². The van der Waals surface area contributed by atoms with Gasteiger partial charge in [-0.3, -0.25) is 0 Å². The van der Waals surface area contributed by atoms with E-state index in [9.17, 15) is 4.39 Å². The van der Waals surface area contributed by atoms with Crippen molar-refractivity contribution in [3.8, 4) is 11.8 Å². The standard InChI is InChI=1S/C31H32F2N2/c1-3-5-7-24-13-18-28-25(20-24)21-30(32)29(31(28)33)19-12-23-10-16-27(17-11-23)35-34-26-14-8-22(6-4-2)9-15-26/h8-11,14-17,21,24H,3-7,13,18,20H2,1-2H3. The molecule has 1 atom stereocenters. The van der Waals surface area contributed by atoms with Crippen LogP contribution in [0.25, 0.3) is 0 Å². The SMILES string of the molecule is CCCCC1CCc2c(cc(F)c(C#Cc3ccc(N=Nc4ccc(CCC)cc4)cc3)c2F)C1. The zero-order chi connectivity index (χ0) is 24.6. The average molecular weight is 471 g/mol. The molecule has 0 fully saturated rings. The second kappa shape index (κ2) is 11.9. The maximum absolute atomic E-state index is 15.1. The summed E-state index contributed by atoms with van der Waals surface area (Å²) >= 11 is 0. The first-order chi connectivity index (χ1) is 17.1. The van der Waals surface area contributed by atoms with Gasteiger partial charge in [0.05, 0.1) is 16.9 Å². The van der Waals surface area contributed by atoms with Crippen molar-refractivity contribution in [1.29, 1.82) is 0 Å². The summed E-state index contributed by atoms with van der Waals surface area (Å²) in [6, 6.07) is 16.7. The summed E-state index contributed by atoms with van der Waals surface area (Å²) in [6.45, 7) is 4.33. The van der Waals surface area contributed by atoms with Crippen LogP contribution in [0.4, 0.5) is 20.2 Å². The van der Waals surface area contributed by atoms with E-state index in [0.29, 0.717) is 29.2 Å². The molecular weight excluding hydrogens is 438 g/mol. The van der Waals surface area contributed by atoms with Crippen LogP contribution in [-0.2, 0) is 19.3 Å². The van der Waals surface area contributed by atoms with E-state index in [2.05, 4.69) is 48.0 Å². The second-order valence-electron chi connectivity index (χ2n) is 9.35. The van der Waals surface area contributed by atoms with E-state index in [1.807, 2.05) is 12.1 Å². The summed E-state index contributed by atoms with van der Waals surface area (Å²) in [4.78, 5) is 0. The molecule has 0 N–H and O–H groups in total. The van der Waals surface area contributed by atoms with Gasteiger partial charge in [0.2, 0.25) is 0 Å². The van der Waals surface area contributed by atoms with E-state index < -0.39 is 11.6 Å². The minimum atomic E-state index is -0.569. The Balaban J connectivity index is 1.45. The molecule has 3 aromatic rings. The molecule has 4 heteroatoms. The van der Waals surface area contributed by atoms with E-state index in [4.69, 9.17) is 0 Å². The fourth-order valence-corrected chi connectivity index (χ4v) is 4.66. The zero-order valence-corrected chi connectivity index (χ0v) is 20.6. The number of nitrogens with zero attached hydrogens (tertiary/aromatic N) is 2. The smallest absolute Gasteiger partial charge is 0.145 e. The third-order valence-corrected chi connectivity index (χ3v) is 6.64. The Labute approximate surface area is 207 Å². The lowest BCUT2D eigenvalue weighted by Gasteiger charge is -2.25. The van der Waals surface area contributed by atoms with Crippen molar-refractivity contribution in [2.24, 2.45) is 16.1 Å². The monoisotopic (exact) mass is 470 g/mol. The van der Waals surface area contributed by atoms with E-state index in [-0.39, 0.29) is 5.56 Å². The van der Waals surface area contributed by atoms with Gasteiger partial charge in [-0.1, -0.05) is 63.5 Å². The highest BCUT2D eigenvalue weighted by Crippen LogP contribution is 2.32. The van der Waals surface area contributed by atoms with Crippen LogP contribution in [0, 0.1) is 29.4 Å². The van der Waals surface area contributed by atoms with Gasteiger partial charge in [-0.05, 0) is 90.8 Å². The lowest BCUT2D eigenvalue weighted by molar-refractivity contribution is 0.402. The first kappa shape index (κ1) is 24.8. The predicted molar refractivity (Wildman–Crippen MR) is 138 cm³/mol. The molecule has 0 amide bonds. The number of halogens is 2. The average Bonchev–Trinajstić information content (AvgIpc) is 2.87. The number of hydrogen-bond acceptors (Lipinski definition) is 2. The largest absolute Gasteiger partial charge is 0.206 e. The lowest BCUT2D eigenvalue weighted by Crippen LogP contribution is -2.17. The highest BCUT2D eigenvalue weighted by molar-refractivity contribution is 5.50. The minimum Gasteiger partial charge on any atom is -0.206 e. The van der Waals surface area contributed by atoms with Crippen LogP contribution < -0.4 is 0 Å². The van der Waals surface area contributed by atoms with Gasteiger partial charge in [0.1, 0.15) is 11.6 Å². The molecule has 1 unspecified atom stereocenters. The fourth-order valence-electron chi connectivity index (χ4n) is 4.66. The van der Waals surface area contributed by atoms with Crippen molar-refractivity contribution in [2.45, 2.75) is 65.2 Å². The van der Waals surface area contributed by atoms with Crippen molar-refractivity contribution >= 4 is 11.4 Å². The van der Waals surface area contributed by atoms with Crippen molar-refractivity contribution < 1.29 is 8.78 Å². The first-order valence-corrected chi connectivity index (χ1v) is 12.7. The van der Waals surface area contributed by atoms with Gasteiger partial charge in [-0.2, -0.15) is 10.2 Å². The molecule has 3 aromatic carbocycles. The fraction of sp³-hybridized carbons (Fsp3) is 0.355. The Hall–Kier alpha value is -3.32. The van der Waals surface area contributed by atoms with Crippen LogP contribution in [0.1, 0.15) is 73.8 Å². The molecule has 0 saturated heterocycles. The zero-order valence-electron chi connectivity index (χ0n) is 20.6. The number of unbranched alkanes of at least 4 members (excludes halogenated alkanes) is 1. The van der Waals surface area contributed by atoms with Crippen LogP contribution in [-0.4, -0.2) is 0 Å². The Morgan fingerprint density at radius 1 is 0.886 bits per heavy atom. The van der Waals surface area contributed by atoms with Crippen LogP contribution in [0.2, 0.25) is 0 Å². The predicted octanol–water partition coefficient (Wildman–Crippen LogP) is 9.03. The molecule has 0 saturated carbocycles. The number of azo groups is 1. The van der Waals surface area contributed by atoms with Gasteiger partial charge >= 0.3 is 0 Å². The summed E-state index contributed by atoms with van der Waals surface area (Å²) in [6.07, 6.45) is 7.99. The van der Waals surface area contributed by atoms with Crippen molar-refractivity contribution in [1.82, 2.24) is 0 Å². The highest BCUT2D eigenvalue weighted by Gasteiger charge is 2.24. The van der Waals surface area contributed by atoms with Gasteiger partial charge in [-0.25, -0.2) is 8.78 Å². The van der Waals surface area contributed by atoms with Crippen molar-refractivity contribution in [3.05, 3.63) is 94.0 Å². The van der Waals surface area contributed by atoms with Crippen molar-refractivity contribution in [2.75, 3.05) is 0 Å². The molecule has 0 aliphatic heterocycles. The van der Waals surface area contributed by atoms with Crippen molar-refractivity contribution in [3.63, 3.8) is 0 Å². The number of fused-ring (bicyclic) bond motifs is 1. The molecular formula is C31H32F2N2. The topological polar surface area (TPSA) is 24.7 Å². The number of aryl methyl sites for hydroxylation is 1. The number of rotatable bonds is 7. The van der Waals surface area contributed by atoms with Crippen LogP contribution >= 0.6 is 0 Å². The molecule has 4 rings (SSSR count). The highest BCUT2D eigenvalue weighted by atomic mass is 19.1. The van der Waals surface area contributed by atoms with E-state index in [1.54, 1.807) is 24.3 Å². The van der Waals surface area contributed by atoms with Gasteiger partial charge in [0.25, 0.3) is 0 Å². The summed E-state index contributed by atoms with van der Waals surface area (Å²) in [5.41, 5.74) is 4.77. The molecule has 0 heterocycles. The van der Waals surface area contributed by atoms with E-state index in [1.165, 1.54) is 18.1 Å². The van der Waals surface area contributed by atoms with Gasteiger partial charge < -0.3 is 0 Å². The molecule has 1 aliphatic carbocycles. The van der Waals surface area contributed by atoms with Crippen LogP contribution in [0.3, 0.4) is 0 Å². The summed E-state index contributed by atoms with van der Waals surface area (Å²) in [5.74, 6) is 5.10. The second-order valence-corrected chi connectivity index (χ2v) is 9.35. The third kappa shape index (κ3) is 6.42. The Morgan fingerprint density at radius 3 is 2.23 bits per heavy atom. The van der Waals surface area contributed by atoms with Gasteiger partial charge in [0, 0.05) is 5.56 Å². The van der Waals surface area contributed by atoms with E-state index in [0.717, 1.165) is 49.8 Å². The number of hydrogen-bond donors (Lipinski definition) is 0. The maximum Gasteiger partial charge on any atom is 0.145 e. The lowest BCUT2D eigenvalue weighted by atomic mass is 9.80. The molecule has 0 radical (unpaired) electrons. The molecule has 180 valence electrons. The quantitative estimate of drug-likeness (QED) is 0.243. The molecule has 0 bridgehead atoms. The molecule has 0 aromatic heterocycles. The van der Waals surface area contributed by atoms with Gasteiger partial charge in [0.15, 0.2) is 0 Å². The minimum absolute atomic E-state index is 0.133. The summed E-state index contributed by atoms with van der Waals surface area (Å²) < 4.78 is 29.9. The third-order valence-electron chi connectivity index (χ3n) is 6.64. The van der Waals surface area contributed by atoms with E-state index >= 15 is 4.39 Å². The molecule has 2 nitrogen and oxygen atoms in total.